The smallest absolute Gasteiger partial charge is 0.250 e. The molecule has 0 atom stereocenters. The minimum Gasteiger partial charge on any atom is -0.493 e. The second kappa shape index (κ2) is 11.8. The van der Waals surface area contributed by atoms with Gasteiger partial charge in [-0.2, -0.15) is 5.10 Å². The number of methoxy groups -OCH3 is 1. The predicted molar refractivity (Wildman–Crippen MR) is 141 cm³/mol. The van der Waals surface area contributed by atoms with Crippen LogP contribution in [0.2, 0.25) is 5.02 Å². The van der Waals surface area contributed by atoms with E-state index in [2.05, 4.69) is 15.1 Å². The summed E-state index contributed by atoms with van der Waals surface area (Å²) in [4.78, 5) is 17.2. The van der Waals surface area contributed by atoms with Crippen LogP contribution in [0.3, 0.4) is 0 Å². The molecule has 0 bridgehead atoms. The first kappa shape index (κ1) is 24.6. The van der Waals surface area contributed by atoms with Gasteiger partial charge in [-0.05, 0) is 54.4 Å². The molecule has 0 aliphatic heterocycles. The minimum atomic E-state index is -0.236. The molecular weight excluding hydrogens is 484 g/mol. The van der Waals surface area contributed by atoms with Crippen molar-refractivity contribution in [3.63, 3.8) is 0 Å². The van der Waals surface area contributed by atoms with Crippen molar-refractivity contribution in [2.45, 2.75) is 18.6 Å². The van der Waals surface area contributed by atoms with Gasteiger partial charge in [0.05, 0.1) is 43.3 Å². The molecule has 4 aromatic rings. The summed E-state index contributed by atoms with van der Waals surface area (Å²) in [5, 5.41) is 5.50. The summed E-state index contributed by atoms with van der Waals surface area (Å²) in [6.45, 7) is 3.01. The average molecular weight is 509 g/mol. The Kier molecular flexibility index (Phi) is 8.28. The Morgan fingerprint density at radius 3 is 2.74 bits per heavy atom. The van der Waals surface area contributed by atoms with Gasteiger partial charge < -0.3 is 14.0 Å². The number of nitrogens with one attached hydrogen (secondary N) is 1. The van der Waals surface area contributed by atoms with Crippen molar-refractivity contribution in [2.24, 2.45) is 5.10 Å². The van der Waals surface area contributed by atoms with Crippen LogP contribution in [0.4, 0.5) is 0 Å². The monoisotopic (exact) mass is 508 g/mol. The third-order valence-electron chi connectivity index (χ3n) is 5.13. The van der Waals surface area contributed by atoms with Crippen molar-refractivity contribution < 1.29 is 14.3 Å². The van der Waals surface area contributed by atoms with Crippen LogP contribution in [0.5, 0.6) is 11.5 Å². The molecule has 0 unspecified atom stereocenters. The van der Waals surface area contributed by atoms with E-state index in [4.69, 9.17) is 26.1 Å². The Bertz CT molecular complexity index is 1360. The van der Waals surface area contributed by atoms with Gasteiger partial charge in [-0.1, -0.05) is 53.7 Å². The molecule has 1 heterocycles. The molecule has 4 rings (SSSR count). The molecule has 0 aliphatic rings. The minimum absolute atomic E-state index is 0.162. The van der Waals surface area contributed by atoms with E-state index in [-0.39, 0.29) is 11.7 Å². The highest BCUT2D eigenvalue weighted by Crippen LogP contribution is 2.28. The number of benzene rings is 3. The van der Waals surface area contributed by atoms with E-state index >= 15 is 0 Å². The van der Waals surface area contributed by atoms with Crippen molar-refractivity contribution in [1.29, 1.82) is 0 Å². The zero-order chi connectivity index (χ0) is 24.6. The van der Waals surface area contributed by atoms with Gasteiger partial charge >= 0.3 is 0 Å². The van der Waals surface area contributed by atoms with Gasteiger partial charge in [0.25, 0.3) is 5.91 Å². The summed E-state index contributed by atoms with van der Waals surface area (Å²) in [6, 6.07) is 21.1. The summed E-state index contributed by atoms with van der Waals surface area (Å²) in [6.07, 6.45) is 1.56. The Morgan fingerprint density at radius 1 is 1.14 bits per heavy atom. The molecule has 9 heteroatoms. The van der Waals surface area contributed by atoms with Gasteiger partial charge in [-0.15, -0.1) is 0 Å². The first-order chi connectivity index (χ1) is 17.1. The lowest BCUT2D eigenvalue weighted by molar-refractivity contribution is -0.118. The van der Waals surface area contributed by atoms with Gasteiger partial charge in [-0.25, -0.2) is 10.4 Å². The highest BCUT2D eigenvalue weighted by molar-refractivity contribution is 7.99. The normalized spacial score (nSPS) is 11.2. The number of carbonyl (C=O) groups excluding carboxylic acids is 1. The van der Waals surface area contributed by atoms with Gasteiger partial charge in [0.1, 0.15) is 0 Å². The van der Waals surface area contributed by atoms with Gasteiger partial charge in [0.2, 0.25) is 0 Å². The lowest BCUT2D eigenvalue weighted by Crippen LogP contribution is -2.20. The number of halogens is 1. The van der Waals surface area contributed by atoms with Crippen LogP contribution in [0.1, 0.15) is 18.1 Å². The maximum absolute atomic E-state index is 12.5. The van der Waals surface area contributed by atoms with E-state index in [1.165, 1.54) is 11.8 Å². The maximum atomic E-state index is 12.5. The molecule has 180 valence electrons. The zero-order valence-electron chi connectivity index (χ0n) is 19.4. The standard InChI is InChI=1S/C26H25ClN4O3S/c1-3-34-23-13-12-18(14-24(23)33-2)15-28-30-25(32)17-35-26-29-21-10-6-7-11-22(21)31(26)16-19-8-4-5-9-20(19)27/h4-15H,3,16-17H2,1-2H3,(H,30,32)/b28-15+. The van der Waals surface area contributed by atoms with Gasteiger partial charge in [0, 0.05) is 5.02 Å². The fourth-order valence-electron chi connectivity index (χ4n) is 3.49. The van der Waals surface area contributed by atoms with Gasteiger partial charge in [0.15, 0.2) is 16.7 Å². The SMILES string of the molecule is CCOc1ccc(/C=N/NC(=O)CSc2nc3ccccc3n2Cc2ccccc2Cl)cc1OC. The molecule has 1 amide bonds. The first-order valence-corrected chi connectivity index (χ1v) is 12.4. The molecule has 1 aromatic heterocycles. The summed E-state index contributed by atoms with van der Waals surface area (Å²) < 4.78 is 12.9. The number of fused-ring (bicyclic) bond motifs is 1. The number of amides is 1. The molecule has 35 heavy (non-hydrogen) atoms. The zero-order valence-corrected chi connectivity index (χ0v) is 21.0. The fourth-order valence-corrected chi connectivity index (χ4v) is 4.50. The number of carbonyl (C=O) groups is 1. The summed E-state index contributed by atoms with van der Waals surface area (Å²) in [5.74, 6) is 1.19. The number of rotatable bonds is 10. The van der Waals surface area contributed by atoms with E-state index in [0.29, 0.717) is 29.7 Å². The molecule has 0 fully saturated rings. The number of imidazole rings is 1. The fraction of sp³-hybridized carbons (Fsp3) is 0.192. The number of hydrazone groups is 1. The van der Waals surface area contributed by atoms with Crippen LogP contribution in [-0.2, 0) is 11.3 Å². The molecule has 3 aromatic carbocycles. The largest absolute Gasteiger partial charge is 0.493 e. The first-order valence-electron chi connectivity index (χ1n) is 11.0. The topological polar surface area (TPSA) is 77.7 Å². The summed E-state index contributed by atoms with van der Waals surface area (Å²) in [7, 11) is 1.58. The van der Waals surface area contributed by atoms with Crippen LogP contribution in [0.25, 0.3) is 11.0 Å². The van der Waals surface area contributed by atoms with Crippen LogP contribution in [0.15, 0.2) is 77.0 Å². The van der Waals surface area contributed by atoms with Crippen molar-refractivity contribution in [1.82, 2.24) is 15.0 Å². The van der Waals surface area contributed by atoms with E-state index in [1.807, 2.05) is 67.6 Å². The van der Waals surface area contributed by atoms with Crippen molar-refractivity contribution >= 4 is 46.5 Å². The van der Waals surface area contributed by atoms with Crippen molar-refractivity contribution in [3.8, 4) is 11.5 Å². The second-order valence-electron chi connectivity index (χ2n) is 7.49. The molecule has 0 radical (unpaired) electrons. The highest BCUT2D eigenvalue weighted by atomic mass is 35.5. The lowest BCUT2D eigenvalue weighted by Gasteiger charge is -2.10. The Morgan fingerprint density at radius 2 is 1.94 bits per heavy atom. The summed E-state index contributed by atoms with van der Waals surface area (Å²) in [5.41, 5.74) is 6.18. The quantitative estimate of drug-likeness (QED) is 0.176. The average Bonchev–Trinajstić information content (AvgIpc) is 3.22. The lowest BCUT2D eigenvalue weighted by atomic mass is 10.2. The molecule has 0 saturated heterocycles. The number of para-hydroxylation sites is 2. The number of hydrogen-bond donors (Lipinski definition) is 1. The van der Waals surface area contributed by atoms with Crippen LogP contribution >= 0.6 is 23.4 Å². The predicted octanol–water partition coefficient (Wildman–Crippen LogP) is 5.39. The van der Waals surface area contributed by atoms with Crippen LogP contribution in [0, 0.1) is 0 Å². The number of ether oxygens (including phenoxy) is 2. The van der Waals surface area contributed by atoms with Gasteiger partial charge in [-0.3, -0.25) is 4.79 Å². The van der Waals surface area contributed by atoms with Crippen molar-refractivity contribution in [2.75, 3.05) is 19.5 Å². The number of nitrogens with zero attached hydrogens (tertiary/aromatic N) is 3. The Balaban J connectivity index is 1.42. The third kappa shape index (κ3) is 6.15. The van der Waals surface area contributed by atoms with E-state index in [1.54, 1.807) is 19.4 Å². The van der Waals surface area contributed by atoms with E-state index in [9.17, 15) is 4.79 Å². The van der Waals surface area contributed by atoms with Crippen molar-refractivity contribution in [3.05, 3.63) is 82.9 Å². The molecule has 1 N–H and O–H groups in total. The Labute approximate surface area is 213 Å². The van der Waals surface area contributed by atoms with E-state index < -0.39 is 0 Å². The molecule has 0 aliphatic carbocycles. The number of aromatic nitrogens is 2. The third-order valence-corrected chi connectivity index (χ3v) is 6.47. The second-order valence-corrected chi connectivity index (χ2v) is 8.84. The summed E-state index contributed by atoms with van der Waals surface area (Å²) >= 11 is 7.74. The molecular formula is C26H25ClN4O3S. The van der Waals surface area contributed by atoms with Crippen LogP contribution < -0.4 is 14.9 Å². The molecule has 0 saturated carbocycles. The maximum Gasteiger partial charge on any atom is 0.250 e. The molecule has 7 nitrogen and oxygen atoms in total. The highest BCUT2D eigenvalue weighted by Gasteiger charge is 2.14. The number of hydrogen-bond acceptors (Lipinski definition) is 6. The molecule has 0 spiro atoms. The number of thioether (sulfide) groups is 1. The van der Waals surface area contributed by atoms with E-state index in [0.717, 1.165) is 27.3 Å². The Hall–Kier alpha value is -3.49. The van der Waals surface area contributed by atoms with Crippen LogP contribution in [-0.4, -0.2) is 41.1 Å².